The predicted molar refractivity (Wildman–Crippen MR) is 104 cm³/mol. The van der Waals surface area contributed by atoms with Crippen LogP contribution in [0.4, 0.5) is 0 Å². The first-order valence-corrected chi connectivity index (χ1v) is 8.53. The topological polar surface area (TPSA) is 40.9 Å². The number of rotatable bonds is 4. The highest BCUT2D eigenvalue weighted by Gasteiger charge is 2.02. The number of ketones is 1. The first kappa shape index (κ1) is 16.9. The normalized spacial score (nSPS) is 10.6. The number of allylic oxidation sites excluding steroid dienone is 1. The Labute approximate surface area is 155 Å². The monoisotopic (exact) mass is 387 g/mol. The van der Waals surface area contributed by atoms with Crippen LogP contribution in [0, 0.1) is 11.3 Å². The molecule has 3 rings (SSSR count). The summed E-state index contributed by atoms with van der Waals surface area (Å²) in [6.45, 7) is 0. The molecule has 0 heterocycles. The van der Waals surface area contributed by atoms with Gasteiger partial charge in [-0.25, -0.2) is 0 Å². The van der Waals surface area contributed by atoms with Gasteiger partial charge in [-0.3, -0.25) is 4.79 Å². The lowest BCUT2D eigenvalue weighted by molar-refractivity contribution is 0.104. The minimum absolute atomic E-state index is 0.0858. The van der Waals surface area contributed by atoms with E-state index in [9.17, 15) is 4.79 Å². The van der Waals surface area contributed by atoms with E-state index in [2.05, 4.69) is 28.1 Å². The predicted octanol–water partition coefficient (Wildman–Crippen LogP) is 5.88. The Morgan fingerprint density at radius 3 is 2.28 bits per heavy atom. The maximum Gasteiger partial charge on any atom is 0.185 e. The average Bonchev–Trinajstić information content (AvgIpc) is 2.66. The Bertz CT molecular complexity index is 981. The van der Waals surface area contributed by atoms with Crippen molar-refractivity contribution in [1.29, 1.82) is 5.26 Å². The molecule has 3 aromatic rings. The molecule has 0 saturated carbocycles. The van der Waals surface area contributed by atoms with E-state index in [-0.39, 0.29) is 5.78 Å². The van der Waals surface area contributed by atoms with E-state index in [1.807, 2.05) is 48.5 Å². The van der Waals surface area contributed by atoms with Gasteiger partial charge in [0.15, 0.2) is 5.78 Å². The number of carbonyl (C=O) groups excluding carboxylic acids is 1. The van der Waals surface area contributed by atoms with Gasteiger partial charge in [-0.2, -0.15) is 5.26 Å². The minimum Gasteiger partial charge on any atom is -0.289 e. The summed E-state index contributed by atoms with van der Waals surface area (Å²) < 4.78 is 1.03. The second-order valence-corrected chi connectivity index (χ2v) is 6.44. The third-order valence-corrected chi connectivity index (χ3v) is 4.26. The van der Waals surface area contributed by atoms with Gasteiger partial charge in [0.25, 0.3) is 0 Å². The average molecular weight is 388 g/mol. The number of benzene rings is 3. The second kappa shape index (κ2) is 7.74. The Balaban J connectivity index is 1.80. The van der Waals surface area contributed by atoms with Crippen molar-refractivity contribution in [2.75, 3.05) is 0 Å². The van der Waals surface area contributed by atoms with Crippen LogP contribution in [-0.2, 0) is 0 Å². The number of carbonyl (C=O) groups is 1. The molecule has 0 spiro atoms. The lowest BCUT2D eigenvalue weighted by Crippen LogP contribution is -1.93. The zero-order valence-electron chi connectivity index (χ0n) is 13.3. The highest BCUT2D eigenvalue weighted by atomic mass is 79.9. The largest absolute Gasteiger partial charge is 0.289 e. The molecule has 0 fully saturated rings. The lowest BCUT2D eigenvalue weighted by atomic mass is 10.0. The highest BCUT2D eigenvalue weighted by molar-refractivity contribution is 9.10. The van der Waals surface area contributed by atoms with Crippen molar-refractivity contribution in [2.45, 2.75) is 0 Å². The first-order valence-electron chi connectivity index (χ1n) is 7.74. The summed E-state index contributed by atoms with van der Waals surface area (Å²) in [4.78, 5) is 12.2. The molecule has 120 valence electrons. The van der Waals surface area contributed by atoms with Crippen molar-refractivity contribution < 1.29 is 4.79 Å². The van der Waals surface area contributed by atoms with Gasteiger partial charge in [0, 0.05) is 10.0 Å². The van der Waals surface area contributed by atoms with E-state index in [4.69, 9.17) is 5.26 Å². The van der Waals surface area contributed by atoms with Crippen LogP contribution < -0.4 is 0 Å². The maximum atomic E-state index is 12.2. The van der Waals surface area contributed by atoms with Gasteiger partial charge >= 0.3 is 0 Å². The molecule has 0 bridgehead atoms. The SMILES string of the molecule is N#Cc1ccc(C(=O)/C=C/c2cccc(-c3cccc(Br)c3)c2)cc1. The molecule has 0 aromatic heterocycles. The van der Waals surface area contributed by atoms with Crippen molar-refractivity contribution >= 4 is 27.8 Å². The lowest BCUT2D eigenvalue weighted by Gasteiger charge is -2.04. The first-order chi connectivity index (χ1) is 12.2. The molecular formula is C22H14BrNO. The summed E-state index contributed by atoms with van der Waals surface area (Å²) in [5.41, 5.74) is 4.28. The van der Waals surface area contributed by atoms with Crippen molar-refractivity contribution in [3.05, 3.63) is 100 Å². The molecule has 0 aliphatic rings. The Morgan fingerprint density at radius 2 is 1.60 bits per heavy atom. The van der Waals surface area contributed by atoms with E-state index < -0.39 is 0 Å². The minimum atomic E-state index is -0.0858. The van der Waals surface area contributed by atoms with E-state index in [0.717, 1.165) is 21.2 Å². The van der Waals surface area contributed by atoms with Crippen molar-refractivity contribution in [3.8, 4) is 17.2 Å². The van der Waals surface area contributed by atoms with Crippen molar-refractivity contribution in [2.24, 2.45) is 0 Å². The fourth-order valence-electron chi connectivity index (χ4n) is 2.47. The molecule has 0 unspecified atom stereocenters. The smallest absolute Gasteiger partial charge is 0.185 e. The third kappa shape index (κ3) is 4.32. The molecule has 0 radical (unpaired) electrons. The summed E-state index contributed by atoms with van der Waals surface area (Å²) in [7, 11) is 0. The maximum absolute atomic E-state index is 12.2. The Kier molecular flexibility index (Phi) is 5.23. The van der Waals surface area contributed by atoms with Crippen LogP contribution >= 0.6 is 15.9 Å². The molecule has 3 heteroatoms. The fourth-order valence-corrected chi connectivity index (χ4v) is 2.87. The van der Waals surface area contributed by atoms with Crippen LogP contribution in [0.2, 0.25) is 0 Å². The van der Waals surface area contributed by atoms with Crippen LogP contribution in [-0.4, -0.2) is 5.78 Å². The van der Waals surface area contributed by atoms with E-state index in [1.165, 1.54) is 0 Å². The van der Waals surface area contributed by atoms with E-state index >= 15 is 0 Å². The molecule has 0 aliphatic carbocycles. The van der Waals surface area contributed by atoms with Crippen LogP contribution in [0.25, 0.3) is 17.2 Å². The van der Waals surface area contributed by atoms with Gasteiger partial charge in [0.2, 0.25) is 0 Å². The highest BCUT2D eigenvalue weighted by Crippen LogP contribution is 2.24. The number of nitriles is 1. The van der Waals surface area contributed by atoms with Crippen LogP contribution in [0.3, 0.4) is 0 Å². The Morgan fingerprint density at radius 1 is 0.920 bits per heavy atom. The van der Waals surface area contributed by atoms with Gasteiger partial charge in [0.05, 0.1) is 11.6 Å². The summed E-state index contributed by atoms with van der Waals surface area (Å²) in [6.07, 6.45) is 3.36. The number of hydrogen-bond donors (Lipinski definition) is 0. The van der Waals surface area contributed by atoms with Gasteiger partial charge in [0.1, 0.15) is 0 Å². The molecule has 0 atom stereocenters. The molecule has 0 aliphatic heterocycles. The van der Waals surface area contributed by atoms with Crippen LogP contribution in [0.1, 0.15) is 21.5 Å². The molecule has 2 nitrogen and oxygen atoms in total. The van der Waals surface area contributed by atoms with Crippen LogP contribution in [0.15, 0.2) is 83.3 Å². The summed E-state index contributed by atoms with van der Waals surface area (Å²) >= 11 is 3.49. The summed E-state index contributed by atoms with van der Waals surface area (Å²) in [5, 5.41) is 8.80. The van der Waals surface area contributed by atoms with Gasteiger partial charge < -0.3 is 0 Å². The van der Waals surface area contributed by atoms with Crippen LogP contribution in [0.5, 0.6) is 0 Å². The third-order valence-electron chi connectivity index (χ3n) is 3.77. The van der Waals surface area contributed by atoms with Crippen molar-refractivity contribution in [3.63, 3.8) is 0 Å². The van der Waals surface area contributed by atoms with Gasteiger partial charge in [-0.1, -0.05) is 52.3 Å². The molecular weight excluding hydrogens is 374 g/mol. The number of hydrogen-bond acceptors (Lipinski definition) is 2. The number of halogens is 1. The molecule has 0 amide bonds. The zero-order valence-corrected chi connectivity index (χ0v) is 14.9. The fraction of sp³-hybridized carbons (Fsp3) is 0. The van der Waals surface area contributed by atoms with Gasteiger partial charge in [-0.15, -0.1) is 0 Å². The Hall–Kier alpha value is -2.96. The molecule has 3 aromatic carbocycles. The van der Waals surface area contributed by atoms with Gasteiger partial charge in [-0.05, 0) is 65.2 Å². The summed E-state index contributed by atoms with van der Waals surface area (Å²) in [6, 6.07) is 24.8. The quantitative estimate of drug-likeness (QED) is 0.413. The van der Waals surface area contributed by atoms with Crippen molar-refractivity contribution in [1.82, 2.24) is 0 Å². The molecule has 0 saturated heterocycles. The van der Waals surface area contributed by atoms with E-state index in [0.29, 0.717) is 11.1 Å². The standard InChI is InChI=1S/C22H14BrNO/c23-21-6-2-5-20(14-21)19-4-1-3-16(13-19)9-12-22(25)18-10-7-17(15-24)8-11-18/h1-14H/b12-9+. The molecule has 0 N–H and O–H groups in total. The van der Waals surface area contributed by atoms with E-state index in [1.54, 1.807) is 30.3 Å². The number of nitrogens with zero attached hydrogens (tertiary/aromatic N) is 1. The summed E-state index contributed by atoms with van der Waals surface area (Å²) in [5.74, 6) is -0.0858. The second-order valence-electron chi connectivity index (χ2n) is 5.52. The molecule has 25 heavy (non-hydrogen) atoms. The zero-order chi connectivity index (χ0) is 17.6.